The van der Waals surface area contributed by atoms with Crippen molar-refractivity contribution in [2.24, 2.45) is 5.73 Å². The molecule has 0 aliphatic carbocycles. The molecule has 5 heteroatoms. The van der Waals surface area contributed by atoms with Gasteiger partial charge in [0.15, 0.2) is 0 Å². The lowest BCUT2D eigenvalue weighted by atomic mass is 10.1. The van der Waals surface area contributed by atoms with Gasteiger partial charge < -0.3 is 15.5 Å². The zero-order valence-electron chi connectivity index (χ0n) is 16.1. The number of primary amides is 1. The van der Waals surface area contributed by atoms with E-state index in [9.17, 15) is 4.79 Å². The summed E-state index contributed by atoms with van der Waals surface area (Å²) < 4.78 is 5.93. The smallest absolute Gasteiger partial charge is 0.250 e. The van der Waals surface area contributed by atoms with Gasteiger partial charge in [-0.25, -0.2) is 4.98 Å². The quantitative estimate of drug-likeness (QED) is 0.438. The Morgan fingerprint density at radius 3 is 2.40 bits per heavy atom. The number of fused-ring (bicyclic) bond motifs is 3. The minimum atomic E-state index is -0.494. The molecule has 30 heavy (non-hydrogen) atoms. The van der Waals surface area contributed by atoms with Crippen LogP contribution in [-0.4, -0.2) is 15.9 Å². The molecule has 0 fully saturated rings. The number of H-pyrrole nitrogens is 1. The van der Waals surface area contributed by atoms with E-state index in [0.717, 1.165) is 33.3 Å². The maximum atomic E-state index is 12.2. The molecule has 5 nitrogen and oxygen atoms in total. The van der Waals surface area contributed by atoms with Gasteiger partial charge in [0.25, 0.3) is 5.91 Å². The highest BCUT2D eigenvalue weighted by Crippen LogP contribution is 2.32. The number of hydrogen-bond acceptors (Lipinski definition) is 3. The Bertz CT molecular complexity index is 1360. The zero-order valence-corrected chi connectivity index (χ0v) is 16.1. The molecule has 0 bridgehead atoms. The average Bonchev–Trinajstić information content (AvgIpc) is 3.16. The monoisotopic (exact) mass is 393 g/mol. The van der Waals surface area contributed by atoms with Crippen molar-refractivity contribution in [3.8, 4) is 17.0 Å². The summed E-state index contributed by atoms with van der Waals surface area (Å²) in [6.07, 6.45) is 0. The summed E-state index contributed by atoms with van der Waals surface area (Å²) in [6.45, 7) is 0.482. The van der Waals surface area contributed by atoms with E-state index >= 15 is 0 Å². The molecular weight excluding hydrogens is 374 g/mol. The van der Waals surface area contributed by atoms with Crippen molar-refractivity contribution in [2.75, 3.05) is 0 Å². The number of aromatic amines is 1. The summed E-state index contributed by atoms with van der Waals surface area (Å²) in [5, 5.41) is 0.914. The highest BCUT2D eigenvalue weighted by atomic mass is 16.5. The molecule has 2 heterocycles. The van der Waals surface area contributed by atoms with Crippen molar-refractivity contribution in [1.29, 1.82) is 0 Å². The van der Waals surface area contributed by atoms with Crippen LogP contribution in [0.1, 0.15) is 15.9 Å². The third-order valence-corrected chi connectivity index (χ3v) is 5.11. The van der Waals surface area contributed by atoms with Crippen molar-refractivity contribution in [3.05, 3.63) is 96.1 Å². The largest absolute Gasteiger partial charge is 0.489 e. The molecule has 2 aromatic heterocycles. The second-order valence-electron chi connectivity index (χ2n) is 7.12. The van der Waals surface area contributed by atoms with Gasteiger partial charge in [-0.2, -0.15) is 0 Å². The second kappa shape index (κ2) is 7.37. The number of carbonyl (C=O) groups excluding carboxylic acids is 1. The highest BCUT2D eigenvalue weighted by Gasteiger charge is 2.16. The van der Waals surface area contributed by atoms with Crippen LogP contribution in [0, 0.1) is 0 Å². The van der Waals surface area contributed by atoms with Gasteiger partial charge in [0.05, 0.1) is 27.8 Å². The molecule has 5 rings (SSSR count). The van der Waals surface area contributed by atoms with Crippen LogP contribution in [0.2, 0.25) is 0 Å². The van der Waals surface area contributed by atoms with Gasteiger partial charge in [-0.15, -0.1) is 0 Å². The number of nitrogens with one attached hydrogen (secondary N) is 1. The molecule has 5 aromatic rings. The van der Waals surface area contributed by atoms with Crippen molar-refractivity contribution < 1.29 is 9.53 Å². The van der Waals surface area contributed by atoms with Gasteiger partial charge in [-0.1, -0.05) is 60.7 Å². The zero-order chi connectivity index (χ0) is 20.5. The normalized spacial score (nSPS) is 11.1. The molecule has 0 atom stereocenters. The first-order valence-electron chi connectivity index (χ1n) is 9.67. The number of benzene rings is 3. The van der Waals surface area contributed by atoms with Gasteiger partial charge in [-0.05, 0) is 23.8 Å². The van der Waals surface area contributed by atoms with E-state index in [1.54, 1.807) is 6.07 Å². The van der Waals surface area contributed by atoms with Gasteiger partial charge in [0, 0.05) is 17.0 Å². The second-order valence-corrected chi connectivity index (χ2v) is 7.12. The van der Waals surface area contributed by atoms with E-state index < -0.39 is 5.91 Å². The van der Waals surface area contributed by atoms with Crippen molar-refractivity contribution in [2.45, 2.75) is 6.61 Å². The predicted molar refractivity (Wildman–Crippen MR) is 118 cm³/mol. The van der Waals surface area contributed by atoms with Crippen LogP contribution in [0.5, 0.6) is 5.75 Å². The number of carbonyl (C=O) groups is 1. The predicted octanol–water partition coefficient (Wildman–Crippen LogP) is 5.06. The fourth-order valence-electron chi connectivity index (χ4n) is 3.62. The SMILES string of the molecule is NC(=O)c1cc(-c2ccccc2)nc2c1[nH]c1cc(OCc3ccccc3)ccc12. The molecule has 0 saturated carbocycles. The molecule has 146 valence electrons. The lowest BCUT2D eigenvalue weighted by Gasteiger charge is -2.06. The summed E-state index contributed by atoms with van der Waals surface area (Å²) in [7, 11) is 0. The Morgan fingerprint density at radius 1 is 0.933 bits per heavy atom. The number of amides is 1. The van der Waals surface area contributed by atoms with Crippen molar-refractivity contribution in [3.63, 3.8) is 0 Å². The first kappa shape index (κ1) is 17.9. The molecule has 1 amide bonds. The Balaban J connectivity index is 1.59. The number of rotatable bonds is 5. The fourth-order valence-corrected chi connectivity index (χ4v) is 3.62. The minimum absolute atomic E-state index is 0.418. The summed E-state index contributed by atoms with van der Waals surface area (Å²) >= 11 is 0. The minimum Gasteiger partial charge on any atom is -0.489 e. The lowest BCUT2D eigenvalue weighted by Crippen LogP contribution is -2.12. The maximum Gasteiger partial charge on any atom is 0.250 e. The third-order valence-electron chi connectivity index (χ3n) is 5.11. The van der Waals surface area contributed by atoms with E-state index in [4.69, 9.17) is 15.5 Å². The highest BCUT2D eigenvalue weighted by molar-refractivity contribution is 6.14. The number of nitrogens with two attached hydrogens (primary N) is 1. The van der Waals surface area contributed by atoms with Crippen molar-refractivity contribution in [1.82, 2.24) is 9.97 Å². The van der Waals surface area contributed by atoms with E-state index in [-0.39, 0.29) is 0 Å². The molecular formula is C25H19N3O2. The lowest BCUT2D eigenvalue weighted by molar-refractivity contribution is 0.100. The first-order valence-corrected chi connectivity index (χ1v) is 9.67. The number of nitrogens with zero attached hydrogens (tertiary/aromatic N) is 1. The first-order chi connectivity index (χ1) is 14.7. The molecule has 0 aliphatic heterocycles. The Kier molecular flexibility index (Phi) is 4.41. The number of hydrogen-bond donors (Lipinski definition) is 2. The molecule has 3 aromatic carbocycles. The molecule has 0 unspecified atom stereocenters. The van der Waals surface area contributed by atoms with Crippen LogP contribution < -0.4 is 10.5 Å². The summed E-state index contributed by atoms with van der Waals surface area (Å²) in [5.41, 5.74) is 11.0. The molecule has 0 aliphatic rings. The van der Waals surface area contributed by atoms with Crippen LogP contribution in [0.15, 0.2) is 84.9 Å². The molecule has 0 spiro atoms. The van der Waals surface area contributed by atoms with Gasteiger partial charge in [0.2, 0.25) is 0 Å². The van der Waals surface area contributed by atoms with E-state index in [1.807, 2.05) is 78.9 Å². The van der Waals surface area contributed by atoms with Crippen LogP contribution in [0.4, 0.5) is 0 Å². The Labute approximate surface area is 173 Å². The van der Waals surface area contributed by atoms with Gasteiger partial charge in [-0.3, -0.25) is 4.79 Å². The van der Waals surface area contributed by atoms with Gasteiger partial charge in [0.1, 0.15) is 12.4 Å². The van der Waals surface area contributed by atoms with Gasteiger partial charge >= 0.3 is 0 Å². The number of pyridine rings is 1. The van der Waals surface area contributed by atoms with E-state index in [0.29, 0.717) is 23.4 Å². The third kappa shape index (κ3) is 3.26. The Hall–Kier alpha value is -4.12. The summed E-state index contributed by atoms with van der Waals surface area (Å²) in [4.78, 5) is 20.3. The van der Waals surface area contributed by atoms with Crippen LogP contribution >= 0.6 is 0 Å². The maximum absolute atomic E-state index is 12.2. The number of ether oxygens (including phenoxy) is 1. The molecule has 3 N–H and O–H groups in total. The fraction of sp³-hybridized carbons (Fsp3) is 0.0400. The molecule has 0 radical (unpaired) electrons. The summed E-state index contributed by atoms with van der Waals surface area (Å²) in [5.74, 6) is 0.244. The standard InChI is InChI=1S/C25H19N3O2/c26-25(29)20-14-21(17-9-5-2-6-10-17)27-23-19-12-11-18(13-22(19)28-24(20)23)30-15-16-7-3-1-4-8-16/h1-14,28H,15H2,(H2,26,29). The van der Waals surface area contributed by atoms with Crippen LogP contribution in [0.3, 0.4) is 0 Å². The van der Waals surface area contributed by atoms with E-state index in [2.05, 4.69) is 4.98 Å². The number of aromatic nitrogens is 2. The average molecular weight is 393 g/mol. The Morgan fingerprint density at radius 2 is 1.67 bits per heavy atom. The topological polar surface area (TPSA) is 81.0 Å². The van der Waals surface area contributed by atoms with Crippen molar-refractivity contribution >= 4 is 27.8 Å². The van der Waals surface area contributed by atoms with E-state index in [1.165, 1.54) is 0 Å². The molecule has 0 saturated heterocycles. The van der Waals surface area contributed by atoms with Crippen LogP contribution in [-0.2, 0) is 6.61 Å². The van der Waals surface area contributed by atoms with Crippen LogP contribution in [0.25, 0.3) is 33.2 Å². The summed E-state index contributed by atoms with van der Waals surface area (Å²) in [6, 6.07) is 27.3.